The summed E-state index contributed by atoms with van der Waals surface area (Å²) in [7, 11) is 0. The van der Waals surface area contributed by atoms with E-state index in [1.54, 1.807) is 0 Å². The largest absolute Gasteiger partial charge is 0.491 e. The second kappa shape index (κ2) is 12.6. The normalized spacial score (nSPS) is 14.3. The highest BCUT2D eigenvalue weighted by Crippen LogP contribution is 2.19. The first-order chi connectivity index (χ1) is 12.9. The van der Waals surface area contributed by atoms with Crippen molar-refractivity contribution in [2.24, 2.45) is 4.99 Å². The zero-order valence-electron chi connectivity index (χ0n) is 17.8. The van der Waals surface area contributed by atoms with Gasteiger partial charge in [0, 0.05) is 19.1 Å². The van der Waals surface area contributed by atoms with Crippen molar-refractivity contribution >= 4 is 5.96 Å². The van der Waals surface area contributed by atoms with Gasteiger partial charge in [0.05, 0.1) is 18.8 Å². The summed E-state index contributed by atoms with van der Waals surface area (Å²) in [5.74, 6) is 1.50. The summed E-state index contributed by atoms with van der Waals surface area (Å²) in [4.78, 5) is 7.05. The molecule has 1 aromatic rings. The van der Waals surface area contributed by atoms with Crippen LogP contribution < -0.4 is 15.4 Å². The fourth-order valence-electron chi connectivity index (χ4n) is 2.91. The Balaban J connectivity index is 2.66. The van der Waals surface area contributed by atoms with Gasteiger partial charge in [-0.15, -0.1) is 0 Å². The minimum Gasteiger partial charge on any atom is -0.491 e. The summed E-state index contributed by atoms with van der Waals surface area (Å²) in [6.07, 6.45) is -0.527. The van der Waals surface area contributed by atoms with Crippen molar-refractivity contribution in [1.29, 1.82) is 0 Å². The fourth-order valence-corrected chi connectivity index (χ4v) is 2.91. The first-order valence-corrected chi connectivity index (χ1v) is 10.1. The number of rotatable bonds is 11. The molecule has 2 unspecified atom stereocenters. The van der Waals surface area contributed by atoms with Crippen molar-refractivity contribution in [2.45, 2.75) is 59.8 Å². The summed E-state index contributed by atoms with van der Waals surface area (Å²) >= 11 is 0. The van der Waals surface area contributed by atoms with E-state index < -0.39 is 6.10 Å². The molecule has 0 bridgehead atoms. The number of guanidine groups is 1. The minimum absolute atomic E-state index is 0.107. The number of likely N-dealkylation sites (N-methyl/N-ethyl adjacent to an activating group) is 1. The van der Waals surface area contributed by atoms with Crippen LogP contribution in [0.1, 0.15) is 53.2 Å². The number of aliphatic hydroxyl groups is 1. The lowest BCUT2D eigenvalue weighted by atomic mass is 10.1. The summed E-state index contributed by atoms with van der Waals surface area (Å²) in [5, 5.41) is 17.0. The molecule has 6 nitrogen and oxygen atoms in total. The van der Waals surface area contributed by atoms with Crippen LogP contribution in [0, 0.1) is 0 Å². The quantitative estimate of drug-likeness (QED) is 0.408. The van der Waals surface area contributed by atoms with E-state index in [4.69, 9.17) is 4.74 Å². The Morgan fingerprint density at radius 2 is 1.85 bits per heavy atom. The van der Waals surface area contributed by atoms with Crippen molar-refractivity contribution < 1.29 is 9.84 Å². The van der Waals surface area contributed by atoms with Crippen LogP contribution in [-0.2, 0) is 0 Å². The lowest BCUT2D eigenvalue weighted by molar-refractivity contribution is 0.179. The van der Waals surface area contributed by atoms with Crippen LogP contribution in [0.25, 0.3) is 0 Å². The standard InChI is InChI=1S/C21H38N4O2/c1-7-22-21(23-14-17(6)25(8-2)9-3)24-15-20(26)18-11-10-12-19(13-18)27-16(4)5/h10-13,16-17,20,26H,7-9,14-15H2,1-6H3,(H2,22,23,24). The van der Waals surface area contributed by atoms with E-state index in [9.17, 15) is 5.11 Å². The van der Waals surface area contributed by atoms with Gasteiger partial charge in [-0.25, -0.2) is 0 Å². The molecule has 1 rings (SSSR count). The van der Waals surface area contributed by atoms with E-state index in [1.807, 2.05) is 45.0 Å². The highest BCUT2D eigenvalue weighted by molar-refractivity contribution is 5.79. The van der Waals surface area contributed by atoms with Crippen LogP contribution in [0.5, 0.6) is 5.75 Å². The Morgan fingerprint density at radius 1 is 1.15 bits per heavy atom. The highest BCUT2D eigenvalue weighted by atomic mass is 16.5. The van der Waals surface area contributed by atoms with Crippen LogP contribution in [0.15, 0.2) is 29.3 Å². The maximum absolute atomic E-state index is 10.5. The van der Waals surface area contributed by atoms with E-state index in [1.165, 1.54) is 0 Å². The van der Waals surface area contributed by atoms with Crippen molar-refractivity contribution in [2.75, 3.05) is 32.7 Å². The Kier molecular flexibility index (Phi) is 10.8. The van der Waals surface area contributed by atoms with E-state index in [0.29, 0.717) is 19.1 Å². The molecule has 0 radical (unpaired) electrons. The first kappa shape index (κ1) is 23.2. The highest BCUT2D eigenvalue weighted by Gasteiger charge is 2.12. The maximum Gasteiger partial charge on any atom is 0.191 e. The third-order valence-corrected chi connectivity index (χ3v) is 4.37. The number of aliphatic hydroxyl groups excluding tert-OH is 1. The Bertz CT molecular complexity index is 559. The van der Waals surface area contributed by atoms with Gasteiger partial charge in [0.2, 0.25) is 0 Å². The van der Waals surface area contributed by atoms with Crippen molar-refractivity contribution in [3.63, 3.8) is 0 Å². The minimum atomic E-state index is -0.634. The van der Waals surface area contributed by atoms with Crippen LogP contribution in [0.4, 0.5) is 0 Å². The molecular formula is C21H38N4O2. The van der Waals surface area contributed by atoms with Gasteiger partial charge in [0.1, 0.15) is 5.75 Å². The van der Waals surface area contributed by atoms with Crippen molar-refractivity contribution in [3.05, 3.63) is 29.8 Å². The number of nitrogens with one attached hydrogen (secondary N) is 2. The number of aliphatic imine (C=N–C) groups is 1. The Hall–Kier alpha value is -1.79. The second-order valence-corrected chi connectivity index (χ2v) is 6.93. The molecular weight excluding hydrogens is 340 g/mol. The summed E-state index contributed by atoms with van der Waals surface area (Å²) in [6, 6.07) is 7.99. The third-order valence-electron chi connectivity index (χ3n) is 4.37. The maximum atomic E-state index is 10.5. The average Bonchev–Trinajstić information content (AvgIpc) is 2.64. The van der Waals surface area contributed by atoms with Crippen molar-refractivity contribution in [3.8, 4) is 5.75 Å². The number of hydrogen-bond donors (Lipinski definition) is 3. The van der Waals surface area contributed by atoms with Gasteiger partial charge in [-0.3, -0.25) is 9.89 Å². The van der Waals surface area contributed by atoms with Crippen LogP contribution in [0.3, 0.4) is 0 Å². The SMILES string of the molecule is CCNC(=NCC(C)N(CC)CC)NCC(O)c1cccc(OC(C)C)c1. The van der Waals surface area contributed by atoms with E-state index in [-0.39, 0.29) is 6.10 Å². The van der Waals surface area contributed by atoms with Crippen LogP contribution in [0.2, 0.25) is 0 Å². The molecule has 0 aromatic heterocycles. The molecule has 0 aliphatic carbocycles. The Morgan fingerprint density at radius 3 is 2.44 bits per heavy atom. The fraction of sp³-hybridized carbons (Fsp3) is 0.667. The van der Waals surface area contributed by atoms with Gasteiger partial charge in [-0.1, -0.05) is 26.0 Å². The monoisotopic (exact) mass is 378 g/mol. The number of benzene rings is 1. The van der Waals surface area contributed by atoms with Gasteiger partial charge in [0.15, 0.2) is 5.96 Å². The molecule has 6 heteroatoms. The Labute approximate surface area is 165 Å². The smallest absolute Gasteiger partial charge is 0.191 e. The molecule has 3 N–H and O–H groups in total. The number of nitrogens with zero attached hydrogens (tertiary/aromatic N) is 2. The third kappa shape index (κ3) is 8.63. The first-order valence-electron chi connectivity index (χ1n) is 10.1. The van der Waals surface area contributed by atoms with Crippen molar-refractivity contribution in [1.82, 2.24) is 15.5 Å². The molecule has 27 heavy (non-hydrogen) atoms. The molecule has 0 amide bonds. The summed E-state index contributed by atoms with van der Waals surface area (Å²) in [6.45, 7) is 16.5. The predicted molar refractivity (Wildman–Crippen MR) is 114 cm³/mol. The van der Waals surface area contributed by atoms with Gasteiger partial charge in [0.25, 0.3) is 0 Å². The molecule has 0 saturated carbocycles. The summed E-state index contributed by atoms with van der Waals surface area (Å²) < 4.78 is 5.71. The zero-order valence-corrected chi connectivity index (χ0v) is 17.8. The second-order valence-electron chi connectivity index (χ2n) is 6.93. The molecule has 1 aromatic carbocycles. The van der Waals surface area contributed by atoms with E-state index in [0.717, 1.165) is 36.9 Å². The van der Waals surface area contributed by atoms with Gasteiger partial charge in [-0.2, -0.15) is 0 Å². The molecule has 0 spiro atoms. The predicted octanol–water partition coefficient (Wildman–Crippen LogP) is 2.79. The molecule has 0 aliphatic heterocycles. The molecule has 2 atom stereocenters. The molecule has 0 aliphatic rings. The molecule has 0 saturated heterocycles. The topological polar surface area (TPSA) is 69.1 Å². The van der Waals surface area contributed by atoms with Gasteiger partial charge in [-0.05, 0) is 58.5 Å². The molecule has 0 heterocycles. The van der Waals surface area contributed by atoms with E-state index in [2.05, 4.69) is 41.3 Å². The van der Waals surface area contributed by atoms with Gasteiger partial charge >= 0.3 is 0 Å². The average molecular weight is 379 g/mol. The van der Waals surface area contributed by atoms with E-state index >= 15 is 0 Å². The van der Waals surface area contributed by atoms with Crippen LogP contribution >= 0.6 is 0 Å². The van der Waals surface area contributed by atoms with Gasteiger partial charge < -0.3 is 20.5 Å². The lowest BCUT2D eigenvalue weighted by Gasteiger charge is -2.25. The van der Waals surface area contributed by atoms with Crippen LogP contribution in [-0.4, -0.2) is 60.8 Å². The lowest BCUT2D eigenvalue weighted by Crippen LogP contribution is -2.41. The number of hydrogen-bond acceptors (Lipinski definition) is 4. The molecule has 154 valence electrons. The molecule has 0 fully saturated rings. The number of ether oxygens (including phenoxy) is 1. The summed E-state index contributed by atoms with van der Waals surface area (Å²) in [5.41, 5.74) is 0.827. The zero-order chi connectivity index (χ0) is 20.2.